The number of furan rings is 1. The van der Waals surface area contributed by atoms with Gasteiger partial charge in [-0.3, -0.25) is 0 Å². The highest BCUT2D eigenvalue weighted by atomic mass is 16.3. The molecular weight excluding hydrogens is 162 g/mol. The van der Waals surface area contributed by atoms with Gasteiger partial charge in [-0.05, 0) is 37.4 Å². The van der Waals surface area contributed by atoms with Crippen LogP contribution < -0.4 is 5.32 Å². The van der Waals surface area contributed by atoms with Gasteiger partial charge in [0.1, 0.15) is 5.76 Å². The number of nitrogens with one attached hydrogen (secondary N) is 1. The first kappa shape index (κ1) is 8.57. The Morgan fingerprint density at radius 2 is 2.23 bits per heavy atom. The average molecular weight is 177 g/mol. The molecule has 1 aromatic rings. The number of hydrogen-bond acceptors (Lipinski definition) is 2. The third-order valence-electron chi connectivity index (χ3n) is 2.42. The highest BCUT2D eigenvalue weighted by molar-refractivity contribution is 4.98. The molecule has 13 heavy (non-hydrogen) atoms. The molecule has 0 fully saturated rings. The van der Waals surface area contributed by atoms with Gasteiger partial charge in [-0.1, -0.05) is 12.2 Å². The minimum Gasteiger partial charge on any atom is -0.468 e. The van der Waals surface area contributed by atoms with E-state index in [4.69, 9.17) is 4.42 Å². The Labute approximate surface area is 78.6 Å². The van der Waals surface area contributed by atoms with Crippen LogP contribution in [0.5, 0.6) is 0 Å². The molecule has 0 amide bonds. The molecule has 1 aliphatic rings. The van der Waals surface area contributed by atoms with Gasteiger partial charge in [-0.25, -0.2) is 0 Å². The SMILES string of the molecule is C1=CCC(CNCc2ccco2)C1. The number of rotatable bonds is 4. The monoisotopic (exact) mass is 177 g/mol. The summed E-state index contributed by atoms with van der Waals surface area (Å²) in [7, 11) is 0. The molecule has 0 aliphatic heterocycles. The normalized spacial score (nSPS) is 16.9. The standard InChI is InChI=1S/C11H15NO/c1-2-5-10(4-1)8-12-9-11-6-3-7-13-11/h1-3,6-7,10,12H,4-5,8-9H2. The van der Waals surface area contributed by atoms with Crippen LogP contribution in [-0.2, 0) is 6.54 Å². The molecule has 0 atom stereocenters. The van der Waals surface area contributed by atoms with Crippen LogP contribution >= 0.6 is 0 Å². The Balaban J connectivity index is 1.64. The second-order valence-electron chi connectivity index (χ2n) is 3.52. The van der Waals surface area contributed by atoms with Gasteiger partial charge in [0.15, 0.2) is 0 Å². The van der Waals surface area contributed by atoms with E-state index in [0.29, 0.717) is 0 Å². The molecule has 1 aliphatic carbocycles. The first-order valence-corrected chi connectivity index (χ1v) is 4.83. The van der Waals surface area contributed by atoms with E-state index >= 15 is 0 Å². The fourth-order valence-electron chi connectivity index (χ4n) is 1.65. The molecule has 0 saturated heterocycles. The zero-order valence-corrected chi connectivity index (χ0v) is 7.70. The van der Waals surface area contributed by atoms with Crippen LogP contribution in [-0.4, -0.2) is 6.54 Å². The minimum atomic E-state index is 0.801. The van der Waals surface area contributed by atoms with Gasteiger partial charge < -0.3 is 9.73 Å². The predicted octanol–water partition coefficient (Wildman–Crippen LogP) is 2.34. The Morgan fingerprint density at radius 1 is 1.38 bits per heavy atom. The summed E-state index contributed by atoms with van der Waals surface area (Å²) < 4.78 is 5.22. The number of allylic oxidation sites excluding steroid dienone is 2. The molecule has 1 heterocycles. The lowest BCUT2D eigenvalue weighted by Crippen LogP contribution is -2.20. The Bertz CT molecular complexity index is 256. The lowest BCUT2D eigenvalue weighted by atomic mass is 10.1. The van der Waals surface area contributed by atoms with Gasteiger partial charge in [0.25, 0.3) is 0 Å². The zero-order valence-electron chi connectivity index (χ0n) is 7.70. The Morgan fingerprint density at radius 3 is 2.92 bits per heavy atom. The van der Waals surface area contributed by atoms with Gasteiger partial charge in [0, 0.05) is 0 Å². The van der Waals surface area contributed by atoms with Crippen molar-refractivity contribution in [3.63, 3.8) is 0 Å². The summed E-state index contributed by atoms with van der Waals surface area (Å²) in [5, 5.41) is 3.40. The van der Waals surface area contributed by atoms with Crippen molar-refractivity contribution in [2.75, 3.05) is 6.54 Å². The van der Waals surface area contributed by atoms with Crippen molar-refractivity contribution in [2.45, 2.75) is 19.4 Å². The predicted molar refractivity (Wildman–Crippen MR) is 52.3 cm³/mol. The largest absolute Gasteiger partial charge is 0.468 e. The fraction of sp³-hybridized carbons (Fsp3) is 0.455. The van der Waals surface area contributed by atoms with Crippen LogP contribution in [0.4, 0.5) is 0 Å². The summed E-state index contributed by atoms with van der Waals surface area (Å²) >= 11 is 0. The lowest BCUT2D eigenvalue weighted by Gasteiger charge is -2.08. The molecular formula is C11H15NO. The molecule has 2 heteroatoms. The second kappa shape index (κ2) is 4.28. The molecule has 2 nitrogen and oxygen atoms in total. The summed E-state index contributed by atoms with van der Waals surface area (Å²) in [6.45, 7) is 1.94. The van der Waals surface area contributed by atoms with Gasteiger partial charge in [-0.2, -0.15) is 0 Å². The lowest BCUT2D eigenvalue weighted by molar-refractivity contribution is 0.449. The summed E-state index contributed by atoms with van der Waals surface area (Å²) in [4.78, 5) is 0. The van der Waals surface area contributed by atoms with E-state index in [2.05, 4.69) is 17.5 Å². The molecule has 0 spiro atoms. The Hall–Kier alpha value is -1.02. The molecule has 0 bridgehead atoms. The van der Waals surface area contributed by atoms with Gasteiger partial charge in [0.2, 0.25) is 0 Å². The molecule has 0 unspecified atom stereocenters. The topological polar surface area (TPSA) is 25.2 Å². The highest BCUT2D eigenvalue weighted by Gasteiger charge is 2.09. The van der Waals surface area contributed by atoms with E-state index in [1.165, 1.54) is 12.8 Å². The maximum atomic E-state index is 5.22. The summed E-state index contributed by atoms with van der Waals surface area (Å²) in [5.41, 5.74) is 0. The van der Waals surface area contributed by atoms with Gasteiger partial charge in [0.05, 0.1) is 12.8 Å². The highest BCUT2D eigenvalue weighted by Crippen LogP contribution is 2.16. The second-order valence-corrected chi connectivity index (χ2v) is 3.52. The smallest absolute Gasteiger partial charge is 0.117 e. The van der Waals surface area contributed by atoms with E-state index in [1.54, 1.807) is 6.26 Å². The van der Waals surface area contributed by atoms with Crippen LogP contribution in [0.15, 0.2) is 35.0 Å². The zero-order chi connectivity index (χ0) is 8.93. The molecule has 0 saturated carbocycles. The van der Waals surface area contributed by atoms with E-state index in [0.717, 1.165) is 24.8 Å². The molecule has 1 N–H and O–H groups in total. The summed E-state index contributed by atoms with van der Waals surface area (Å²) in [5.74, 6) is 1.82. The maximum absolute atomic E-state index is 5.22. The van der Waals surface area contributed by atoms with E-state index in [-0.39, 0.29) is 0 Å². The van der Waals surface area contributed by atoms with Crippen molar-refractivity contribution < 1.29 is 4.42 Å². The Kier molecular flexibility index (Phi) is 2.82. The van der Waals surface area contributed by atoms with E-state index in [9.17, 15) is 0 Å². The van der Waals surface area contributed by atoms with Crippen LogP contribution in [0.2, 0.25) is 0 Å². The van der Waals surface area contributed by atoms with Crippen molar-refractivity contribution in [1.82, 2.24) is 5.32 Å². The molecule has 0 aromatic carbocycles. The van der Waals surface area contributed by atoms with Crippen LogP contribution in [0.25, 0.3) is 0 Å². The van der Waals surface area contributed by atoms with Crippen molar-refractivity contribution in [3.8, 4) is 0 Å². The van der Waals surface area contributed by atoms with Crippen LogP contribution in [0.3, 0.4) is 0 Å². The third-order valence-corrected chi connectivity index (χ3v) is 2.42. The molecule has 0 radical (unpaired) electrons. The molecule has 1 aromatic heterocycles. The summed E-state index contributed by atoms with van der Waals surface area (Å²) in [6, 6.07) is 3.92. The van der Waals surface area contributed by atoms with Crippen LogP contribution in [0.1, 0.15) is 18.6 Å². The van der Waals surface area contributed by atoms with E-state index in [1.807, 2.05) is 12.1 Å². The minimum absolute atomic E-state index is 0.801. The van der Waals surface area contributed by atoms with Crippen molar-refractivity contribution in [1.29, 1.82) is 0 Å². The van der Waals surface area contributed by atoms with Gasteiger partial charge >= 0.3 is 0 Å². The quantitative estimate of drug-likeness (QED) is 0.714. The first-order chi connectivity index (χ1) is 6.45. The van der Waals surface area contributed by atoms with Gasteiger partial charge in [-0.15, -0.1) is 0 Å². The number of hydrogen-bond donors (Lipinski definition) is 1. The maximum Gasteiger partial charge on any atom is 0.117 e. The fourth-order valence-corrected chi connectivity index (χ4v) is 1.65. The molecule has 70 valence electrons. The van der Waals surface area contributed by atoms with Crippen molar-refractivity contribution >= 4 is 0 Å². The summed E-state index contributed by atoms with van der Waals surface area (Å²) in [6.07, 6.45) is 8.70. The van der Waals surface area contributed by atoms with E-state index < -0.39 is 0 Å². The average Bonchev–Trinajstić information content (AvgIpc) is 2.75. The first-order valence-electron chi connectivity index (χ1n) is 4.83. The third kappa shape index (κ3) is 2.46. The van der Waals surface area contributed by atoms with Crippen molar-refractivity contribution in [2.24, 2.45) is 5.92 Å². The van der Waals surface area contributed by atoms with Crippen molar-refractivity contribution in [3.05, 3.63) is 36.3 Å². The molecule has 2 rings (SSSR count). The van der Waals surface area contributed by atoms with Crippen LogP contribution in [0, 0.1) is 5.92 Å².